The maximum Gasteiger partial charge on any atom is 0.256 e. The van der Waals surface area contributed by atoms with Crippen molar-refractivity contribution >= 4 is 16.8 Å². The van der Waals surface area contributed by atoms with Crippen molar-refractivity contribution in [1.82, 2.24) is 24.7 Å². The van der Waals surface area contributed by atoms with Crippen LogP contribution in [0, 0.1) is 11.7 Å². The van der Waals surface area contributed by atoms with Crippen LogP contribution in [0.5, 0.6) is 0 Å². The first-order valence-corrected chi connectivity index (χ1v) is 13.9. The van der Waals surface area contributed by atoms with Gasteiger partial charge in [0.1, 0.15) is 5.82 Å². The summed E-state index contributed by atoms with van der Waals surface area (Å²) in [7, 11) is 1.77. The Morgan fingerprint density at radius 1 is 1.16 bits per heavy atom. The van der Waals surface area contributed by atoms with Crippen LogP contribution in [-0.2, 0) is 0 Å². The minimum atomic E-state index is -0.407. The first-order valence-electron chi connectivity index (χ1n) is 13.9. The average Bonchev–Trinajstić information content (AvgIpc) is 3.31. The number of amides is 1. The van der Waals surface area contributed by atoms with Gasteiger partial charge in [-0.15, -0.1) is 0 Å². The molecule has 0 bridgehead atoms. The van der Waals surface area contributed by atoms with Crippen LogP contribution >= 0.6 is 0 Å². The number of fused-ring (bicyclic) bond motifs is 1. The van der Waals surface area contributed by atoms with Gasteiger partial charge in [-0.25, -0.2) is 4.39 Å². The Bertz CT molecular complexity index is 1220. The summed E-state index contributed by atoms with van der Waals surface area (Å²) in [6, 6.07) is 6.61. The van der Waals surface area contributed by atoms with Crippen LogP contribution in [0.1, 0.15) is 67.8 Å². The minimum absolute atomic E-state index is 0.0159. The van der Waals surface area contributed by atoms with Crippen molar-refractivity contribution in [2.45, 2.75) is 57.9 Å². The van der Waals surface area contributed by atoms with Crippen LogP contribution in [-0.4, -0.2) is 71.1 Å². The topological polar surface area (TPSA) is 53.4 Å². The molecule has 2 aliphatic rings. The van der Waals surface area contributed by atoms with Gasteiger partial charge in [-0.3, -0.25) is 9.78 Å². The van der Waals surface area contributed by atoms with Crippen molar-refractivity contribution in [2.24, 2.45) is 5.92 Å². The molecule has 5 rings (SSSR count). The van der Waals surface area contributed by atoms with Crippen molar-refractivity contribution in [3.05, 3.63) is 59.8 Å². The van der Waals surface area contributed by atoms with Crippen LogP contribution in [0.3, 0.4) is 0 Å². The molecule has 0 atom stereocenters. The van der Waals surface area contributed by atoms with Crippen LogP contribution in [0.2, 0.25) is 0 Å². The summed E-state index contributed by atoms with van der Waals surface area (Å²) in [6.45, 7) is 9.69. The van der Waals surface area contributed by atoms with E-state index in [4.69, 9.17) is 0 Å². The molecule has 0 unspecified atom stereocenters. The monoisotopic (exact) mass is 505 g/mol. The molecule has 2 aliphatic heterocycles. The smallest absolute Gasteiger partial charge is 0.256 e. The number of benzene rings is 1. The van der Waals surface area contributed by atoms with Crippen LogP contribution in [0.15, 0.2) is 42.9 Å². The Morgan fingerprint density at radius 2 is 1.92 bits per heavy atom. The second-order valence-corrected chi connectivity index (χ2v) is 11.1. The van der Waals surface area contributed by atoms with E-state index in [0.717, 1.165) is 37.4 Å². The van der Waals surface area contributed by atoms with E-state index >= 15 is 0 Å². The lowest BCUT2D eigenvalue weighted by Gasteiger charge is -2.33. The van der Waals surface area contributed by atoms with E-state index in [-0.39, 0.29) is 11.9 Å². The zero-order valence-corrected chi connectivity index (χ0v) is 22.4. The van der Waals surface area contributed by atoms with Gasteiger partial charge in [0.2, 0.25) is 0 Å². The molecule has 1 N–H and O–H groups in total. The molecular weight excluding hydrogens is 465 g/mol. The van der Waals surface area contributed by atoms with E-state index in [9.17, 15) is 9.18 Å². The van der Waals surface area contributed by atoms with Crippen LogP contribution in [0.25, 0.3) is 16.6 Å². The summed E-state index contributed by atoms with van der Waals surface area (Å²) in [5.41, 5.74) is 3.33. The largest absolute Gasteiger partial charge is 0.339 e. The highest BCUT2D eigenvalue weighted by atomic mass is 19.1. The van der Waals surface area contributed by atoms with E-state index in [1.54, 1.807) is 18.0 Å². The third-order valence-electron chi connectivity index (χ3n) is 8.52. The lowest BCUT2D eigenvalue weighted by Crippen LogP contribution is -2.36. The molecule has 0 saturated carbocycles. The quantitative estimate of drug-likeness (QED) is 0.479. The fraction of sp³-hybridized carbons (Fsp3) is 0.533. The van der Waals surface area contributed by atoms with Crippen molar-refractivity contribution in [1.29, 1.82) is 0 Å². The van der Waals surface area contributed by atoms with Crippen molar-refractivity contribution in [3.63, 3.8) is 0 Å². The molecule has 198 valence electrons. The van der Waals surface area contributed by atoms with Gasteiger partial charge in [-0.1, -0.05) is 0 Å². The van der Waals surface area contributed by atoms with Gasteiger partial charge in [-0.2, -0.15) is 0 Å². The maximum atomic E-state index is 14.3. The SMILES string of the molecule is CC(C)N(C)C(=O)c1cc(F)ccc1-n1cc(C2CCN(CCC3CCNCC3)CC2)c2ccncc21. The second kappa shape index (κ2) is 11.3. The molecular formula is C30H40FN5O. The number of hydrogen-bond acceptors (Lipinski definition) is 4. The highest BCUT2D eigenvalue weighted by Gasteiger charge is 2.26. The zero-order valence-electron chi connectivity index (χ0n) is 22.4. The van der Waals surface area contributed by atoms with Crippen LogP contribution < -0.4 is 5.32 Å². The normalized spacial score (nSPS) is 18.1. The fourth-order valence-corrected chi connectivity index (χ4v) is 5.94. The molecule has 0 aliphatic carbocycles. The maximum absolute atomic E-state index is 14.3. The predicted octanol–water partition coefficient (Wildman–Crippen LogP) is 5.21. The standard InChI is InChI=1S/C30H40FN5O/c1-21(2)34(3)30(37)26-18-24(31)4-5-28(26)36-20-27(25-8-14-33-19-29(25)36)23-10-16-35(17-11-23)15-9-22-6-12-32-13-7-22/h4-5,8,14,18-23,32H,6-7,9-13,15-17H2,1-3H3. The second-order valence-electron chi connectivity index (χ2n) is 11.1. The Balaban J connectivity index is 1.39. The molecule has 6 nitrogen and oxygen atoms in total. The summed E-state index contributed by atoms with van der Waals surface area (Å²) in [5.74, 6) is 0.737. The number of carbonyl (C=O) groups excluding carboxylic acids is 1. The number of pyridine rings is 1. The van der Waals surface area contributed by atoms with Gasteiger partial charge >= 0.3 is 0 Å². The van der Waals surface area contributed by atoms with E-state index in [1.165, 1.54) is 62.0 Å². The number of nitrogens with zero attached hydrogens (tertiary/aromatic N) is 4. The summed E-state index contributed by atoms with van der Waals surface area (Å²) >= 11 is 0. The Hall–Kier alpha value is -2.77. The molecule has 2 aromatic heterocycles. The summed E-state index contributed by atoms with van der Waals surface area (Å²) in [6.07, 6.45) is 12.0. The molecule has 2 fully saturated rings. The highest BCUT2D eigenvalue weighted by Crippen LogP contribution is 2.36. The third-order valence-corrected chi connectivity index (χ3v) is 8.52. The summed E-state index contributed by atoms with van der Waals surface area (Å²) in [5, 5.41) is 4.64. The van der Waals surface area contributed by atoms with Crippen molar-refractivity contribution in [3.8, 4) is 5.69 Å². The lowest BCUT2D eigenvalue weighted by atomic mass is 9.88. The van der Waals surface area contributed by atoms with Gasteiger partial charge in [0.25, 0.3) is 5.91 Å². The molecule has 1 aromatic carbocycles. The zero-order chi connectivity index (χ0) is 25.9. The number of nitrogens with one attached hydrogen (secondary N) is 1. The van der Waals surface area contributed by atoms with E-state index in [1.807, 2.05) is 30.8 Å². The molecule has 3 aromatic rings. The molecule has 1 amide bonds. The first kappa shape index (κ1) is 25.9. The van der Waals surface area contributed by atoms with Crippen molar-refractivity contribution in [2.75, 3.05) is 39.8 Å². The Morgan fingerprint density at radius 3 is 2.65 bits per heavy atom. The predicted molar refractivity (Wildman–Crippen MR) is 147 cm³/mol. The number of hydrogen-bond donors (Lipinski definition) is 1. The molecule has 2 saturated heterocycles. The van der Waals surface area contributed by atoms with Gasteiger partial charge in [-0.05, 0) is 120 Å². The number of halogens is 1. The summed E-state index contributed by atoms with van der Waals surface area (Å²) < 4.78 is 16.4. The summed E-state index contributed by atoms with van der Waals surface area (Å²) in [4.78, 5) is 22.0. The molecule has 0 spiro atoms. The number of carbonyl (C=O) groups is 1. The van der Waals surface area contributed by atoms with Gasteiger partial charge in [0.15, 0.2) is 0 Å². The molecule has 0 radical (unpaired) electrons. The van der Waals surface area contributed by atoms with E-state index in [2.05, 4.69) is 27.5 Å². The number of rotatable bonds is 7. The third kappa shape index (κ3) is 5.58. The number of likely N-dealkylation sites (tertiary alicyclic amines) is 1. The van der Waals surface area contributed by atoms with E-state index in [0.29, 0.717) is 17.2 Å². The Kier molecular flexibility index (Phi) is 7.91. The molecule has 4 heterocycles. The fourth-order valence-electron chi connectivity index (χ4n) is 5.94. The average molecular weight is 506 g/mol. The molecule has 7 heteroatoms. The van der Waals surface area contributed by atoms with Crippen molar-refractivity contribution < 1.29 is 9.18 Å². The lowest BCUT2D eigenvalue weighted by molar-refractivity contribution is 0.0754. The van der Waals surface area contributed by atoms with E-state index < -0.39 is 5.82 Å². The first-order chi connectivity index (χ1) is 17.9. The molecule has 37 heavy (non-hydrogen) atoms. The number of aromatic nitrogens is 2. The van der Waals surface area contributed by atoms with Gasteiger partial charge in [0.05, 0.1) is 23.0 Å². The highest BCUT2D eigenvalue weighted by molar-refractivity contribution is 5.99. The van der Waals surface area contributed by atoms with Crippen LogP contribution in [0.4, 0.5) is 4.39 Å². The minimum Gasteiger partial charge on any atom is -0.339 e. The van der Waals surface area contributed by atoms with Gasteiger partial charge < -0.3 is 19.7 Å². The Labute approximate surface area is 219 Å². The van der Waals surface area contributed by atoms with Gasteiger partial charge in [0, 0.05) is 30.9 Å². The number of piperidine rings is 2.